The standard InChI is InChI=1S/C38H45NO4.3C7H7.Hf/c1-25(2)30-15-11-16-31(26(3)4)36(30)39(7)19-12-20-42-35-18-17-27(5)21-32(35)33-22-28(6)23-34(37(33)40)38(41)43-24-29-13-9-8-10-14-29;3*1-7-5-3-2-4-6-7;/h8-11,13-18,21-23,25-26,40H,12,19-20,24H2,1-7H3;3*2-6H,1H2;/q;3*-1;+4. The summed E-state index contributed by atoms with van der Waals surface area (Å²) >= 11 is 0. The summed E-state index contributed by atoms with van der Waals surface area (Å²) in [5.41, 5.74) is 11.5. The molecule has 0 aliphatic carbocycles. The molecule has 0 fully saturated rings. The predicted molar refractivity (Wildman–Crippen MR) is 269 cm³/mol. The Bertz CT molecular complexity index is 2320. The van der Waals surface area contributed by atoms with Gasteiger partial charge >= 0.3 is 31.8 Å². The summed E-state index contributed by atoms with van der Waals surface area (Å²) in [6, 6.07) is 55.2. The first-order valence-corrected chi connectivity index (χ1v) is 22.0. The van der Waals surface area contributed by atoms with Crippen molar-refractivity contribution in [3.63, 3.8) is 0 Å². The number of aryl methyl sites for hydroxylation is 2. The Morgan fingerprint density at radius 1 is 0.600 bits per heavy atom. The maximum atomic E-state index is 13.0. The average Bonchev–Trinajstić information content (AvgIpc) is 3.29. The second kappa shape index (κ2) is 27.9. The molecule has 0 radical (unpaired) electrons. The van der Waals surface area contributed by atoms with Crippen molar-refractivity contribution in [3.8, 4) is 22.6 Å². The summed E-state index contributed by atoms with van der Waals surface area (Å²) in [5, 5.41) is 11.3. The molecule has 7 rings (SSSR count). The first kappa shape index (κ1) is 53.2. The number of carbonyl (C=O) groups excluding carboxylic acids is 1. The third-order valence-corrected chi connectivity index (χ3v) is 10.3. The first-order valence-electron chi connectivity index (χ1n) is 22.0. The largest absolute Gasteiger partial charge is 4.00 e. The van der Waals surface area contributed by atoms with Crippen LogP contribution in [0.1, 0.15) is 101 Å². The predicted octanol–water partition coefficient (Wildman–Crippen LogP) is 14.8. The van der Waals surface area contributed by atoms with E-state index < -0.39 is 5.97 Å². The number of hydrogen-bond donors (Lipinski definition) is 1. The smallest absolute Gasteiger partial charge is 0.506 e. The minimum absolute atomic E-state index is 0. The van der Waals surface area contributed by atoms with Gasteiger partial charge in [0.25, 0.3) is 0 Å². The van der Waals surface area contributed by atoms with Crippen molar-refractivity contribution in [1.29, 1.82) is 0 Å². The van der Waals surface area contributed by atoms with Gasteiger partial charge in [-0.15, -0.1) is 36.4 Å². The molecule has 0 bridgehead atoms. The molecule has 7 aromatic carbocycles. The zero-order valence-electron chi connectivity index (χ0n) is 39.4. The molecule has 0 spiro atoms. The molecular weight excluding hydrogens is 965 g/mol. The molecule has 334 valence electrons. The number of hydrogen-bond acceptors (Lipinski definition) is 5. The van der Waals surface area contributed by atoms with E-state index in [-0.39, 0.29) is 43.8 Å². The van der Waals surface area contributed by atoms with Crippen LogP contribution in [-0.2, 0) is 37.2 Å². The number of nitrogens with zero attached hydrogens (tertiary/aromatic N) is 1. The van der Waals surface area contributed by atoms with E-state index in [9.17, 15) is 9.90 Å². The fourth-order valence-corrected chi connectivity index (χ4v) is 6.90. The molecule has 1 N–H and O–H groups in total. The Hall–Kier alpha value is -6.11. The molecule has 0 unspecified atom stereocenters. The van der Waals surface area contributed by atoms with Crippen molar-refractivity contribution in [3.05, 3.63) is 241 Å². The Balaban J connectivity index is 0.000000411. The number of para-hydroxylation sites is 1. The number of carbonyl (C=O) groups is 1. The van der Waals surface area contributed by atoms with E-state index in [0.717, 1.165) is 51.9 Å². The molecule has 0 heterocycles. The van der Waals surface area contributed by atoms with Crippen LogP contribution in [0.25, 0.3) is 11.1 Å². The number of ether oxygens (including phenoxy) is 2. The molecule has 0 saturated heterocycles. The second-order valence-electron chi connectivity index (χ2n) is 16.4. The monoisotopic (exact) mass is 1030 g/mol. The van der Waals surface area contributed by atoms with Crippen molar-refractivity contribution in [1.82, 2.24) is 0 Å². The van der Waals surface area contributed by atoms with E-state index in [1.54, 1.807) is 6.07 Å². The summed E-state index contributed by atoms with van der Waals surface area (Å²) in [6.07, 6.45) is 0.824. The number of benzene rings is 7. The van der Waals surface area contributed by atoms with Crippen LogP contribution in [0.5, 0.6) is 11.5 Å². The van der Waals surface area contributed by atoms with Gasteiger partial charge in [0.1, 0.15) is 23.7 Å². The number of aromatic hydroxyl groups is 1. The number of phenols is 1. The van der Waals surface area contributed by atoms with E-state index in [4.69, 9.17) is 9.47 Å². The summed E-state index contributed by atoms with van der Waals surface area (Å²) in [6.45, 7) is 25.5. The number of phenolic OH excluding ortho intramolecular Hbond substituents is 1. The number of esters is 1. The SMILES string of the molecule is Cc1ccc(OCCCN(C)c2c(C(C)C)cccc2C(C)C)c(-c2cc(C)cc(C(=O)OCc3ccccc3)c2O)c1.[CH2-]c1ccccc1.[CH2-]c1ccccc1.[CH2-]c1ccccc1.[Hf+4]. The first-order chi connectivity index (χ1) is 30.7. The van der Waals surface area contributed by atoms with E-state index in [0.29, 0.717) is 29.8 Å². The quantitative estimate of drug-likeness (QED) is 0.0572. The van der Waals surface area contributed by atoms with Gasteiger partial charge < -0.3 is 19.5 Å². The van der Waals surface area contributed by atoms with Gasteiger partial charge in [0.05, 0.1) is 6.61 Å². The van der Waals surface area contributed by atoms with E-state index in [1.807, 2.05) is 159 Å². The van der Waals surface area contributed by atoms with E-state index in [2.05, 4.69) is 78.6 Å². The van der Waals surface area contributed by atoms with Gasteiger partial charge in [-0.1, -0.05) is 106 Å². The fourth-order valence-electron chi connectivity index (χ4n) is 6.90. The van der Waals surface area contributed by atoms with Crippen molar-refractivity contribution in [2.75, 3.05) is 25.1 Å². The second-order valence-corrected chi connectivity index (χ2v) is 16.4. The van der Waals surface area contributed by atoms with Gasteiger partial charge in [0, 0.05) is 30.4 Å². The van der Waals surface area contributed by atoms with Gasteiger partial charge in [-0.25, -0.2) is 4.79 Å². The minimum atomic E-state index is -0.563. The van der Waals surface area contributed by atoms with Crippen molar-refractivity contribution < 1.29 is 45.2 Å². The third-order valence-electron chi connectivity index (χ3n) is 10.3. The van der Waals surface area contributed by atoms with Gasteiger partial charge in [-0.05, 0) is 78.6 Å². The molecule has 7 aromatic rings. The Morgan fingerprint density at radius 2 is 1.06 bits per heavy atom. The number of anilines is 1. The van der Waals surface area contributed by atoms with Crippen LogP contribution in [0.2, 0.25) is 0 Å². The van der Waals surface area contributed by atoms with Gasteiger partial charge in [0.2, 0.25) is 0 Å². The zero-order valence-corrected chi connectivity index (χ0v) is 43.0. The topological polar surface area (TPSA) is 59.0 Å². The van der Waals surface area contributed by atoms with Crippen LogP contribution in [0, 0.1) is 34.6 Å². The maximum absolute atomic E-state index is 13.0. The summed E-state index contributed by atoms with van der Waals surface area (Å²) < 4.78 is 11.9. The Morgan fingerprint density at radius 3 is 1.51 bits per heavy atom. The summed E-state index contributed by atoms with van der Waals surface area (Å²) in [5.74, 6) is 0.871. The minimum Gasteiger partial charge on any atom is -0.506 e. The fraction of sp³-hybridized carbons (Fsp3) is 0.220. The van der Waals surface area contributed by atoms with Crippen LogP contribution in [0.4, 0.5) is 5.69 Å². The third kappa shape index (κ3) is 17.8. The van der Waals surface area contributed by atoms with Crippen molar-refractivity contribution in [2.45, 2.75) is 66.4 Å². The Labute approximate surface area is 409 Å². The van der Waals surface area contributed by atoms with Gasteiger partial charge in [-0.3, -0.25) is 0 Å². The molecule has 0 atom stereocenters. The van der Waals surface area contributed by atoms with Crippen LogP contribution in [-0.4, -0.2) is 31.3 Å². The molecule has 0 aromatic heterocycles. The van der Waals surface area contributed by atoms with Crippen LogP contribution in [0.15, 0.2) is 170 Å². The van der Waals surface area contributed by atoms with Crippen LogP contribution >= 0.6 is 0 Å². The molecular formula is C59H66HfNO4+. The molecule has 0 saturated carbocycles. The van der Waals surface area contributed by atoms with E-state index >= 15 is 0 Å². The Kier molecular flexibility index (Phi) is 22.9. The molecule has 0 aliphatic rings. The molecule has 65 heavy (non-hydrogen) atoms. The van der Waals surface area contributed by atoms with Gasteiger partial charge in [-0.2, -0.15) is 73.9 Å². The summed E-state index contributed by atoms with van der Waals surface area (Å²) in [7, 11) is 2.16. The zero-order chi connectivity index (χ0) is 46.4. The normalized spacial score (nSPS) is 10.2. The maximum Gasteiger partial charge on any atom is 4.00 e. The van der Waals surface area contributed by atoms with Crippen LogP contribution < -0.4 is 9.64 Å². The van der Waals surface area contributed by atoms with E-state index in [1.165, 1.54) is 16.8 Å². The van der Waals surface area contributed by atoms with Crippen LogP contribution in [0.3, 0.4) is 0 Å². The summed E-state index contributed by atoms with van der Waals surface area (Å²) in [4.78, 5) is 15.4. The average molecular weight is 1030 g/mol. The molecule has 0 aliphatic heterocycles. The van der Waals surface area contributed by atoms with Crippen molar-refractivity contribution in [2.24, 2.45) is 0 Å². The molecule has 0 amide bonds. The number of rotatable bonds is 12. The van der Waals surface area contributed by atoms with Gasteiger partial charge in [0.15, 0.2) is 0 Å². The molecule has 5 nitrogen and oxygen atoms in total. The van der Waals surface area contributed by atoms with Crippen molar-refractivity contribution >= 4 is 11.7 Å². The molecule has 6 heteroatoms.